The molecule has 6 nitrogen and oxygen atoms in total. The number of aromatic amines is 1. The zero-order chi connectivity index (χ0) is 14.7. The van der Waals surface area contributed by atoms with Crippen LogP contribution in [0.25, 0.3) is 0 Å². The van der Waals surface area contributed by atoms with Crippen LogP contribution in [0.5, 0.6) is 0 Å². The number of nitrogen functional groups attached to an aromatic ring is 1. The van der Waals surface area contributed by atoms with Crippen molar-refractivity contribution in [2.24, 2.45) is 0 Å². The molecule has 0 aliphatic rings. The number of hydrogen-bond acceptors (Lipinski definition) is 5. The van der Waals surface area contributed by atoms with E-state index in [9.17, 15) is 9.59 Å². The molecular weight excluding hydrogens is 302 g/mol. The predicted molar refractivity (Wildman–Crippen MR) is 77.2 cm³/mol. The Morgan fingerprint density at radius 3 is 2.80 bits per heavy atom. The van der Waals surface area contributed by atoms with Crippen LogP contribution in [-0.4, -0.2) is 21.0 Å². The third kappa shape index (κ3) is 3.52. The highest BCUT2D eigenvalue weighted by atomic mass is 35.5. The van der Waals surface area contributed by atoms with E-state index in [1.54, 1.807) is 6.07 Å². The number of aromatic carboxylic acids is 1. The lowest BCUT2D eigenvalue weighted by molar-refractivity contribution is 0.0697. The maximum atomic E-state index is 11.2. The number of H-pyrrole nitrogens is 1. The van der Waals surface area contributed by atoms with Crippen molar-refractivity contribution in [2.75, 3.05) is 5.73 Å². The van der Waals surface area contributed by atoms with E-state index >= 15 is 0 Å². The van der Waals surface area contributed by atoms with Crippen molar-refractivity contribution in [3.8, 4) is 0 Å². The van der Waals surface area contributed by atoms with Crippen molar-refractivity contribution >= 4 is 35.1 Å². The first-order chi connectivity index (χ1) is 9.45. The summed E-state index contributed by atoms with van der Waals surface area (Å²) in [4.78, 5) is 28.5. The number of nitrogens with two attached hydrogens (primary N) is 1. The van der Waals surface area contributed by atoms with Gasteiger partial charge in [-0.15, -0.1) is 0 Å². The quantitative estimate of drug-likeness (QED) is 0.588. The number of benzene rings is 1. The first-order valence-corrected chi connectivity index (χ1v) is 6.83. The normalized spacial score (nSPS) is 10.4. The second kappa shape index (κ2) is 5.98. The van der Waals surface area contributed by atoms with Gasteiger partial charge in [0.2, 0.25) is 0 Å². The highest BCUT2D eigenvalue weighted by molar-refractivity contribution is 7.98. The fourth-order valence-electron chi connectivity index (χ4n) is 1.47. The van der Waals surface area contributed by atoms with E-state index in [4.69, 9.17) is 22.4 Å². The molecule has 20 heavy (non-hydrogen) atoms. The molecule has 2 aromatic rings. The number of rotatable bonds is 4. The van der Waals surface area contributed by atoms with Crippen LogP contribution in [0.3, 0.4) is 0 Å². The van der Waals surface area contributed by atoms with Crippen molar-refractivity contribution in [3.05, 3.63) is 50.8 Å². The molecule has 0 saturated heterocycles. The van der Waals surface area contributed by atoms with Gasteiger partial charge in [-0.25, -0.2) is 9.78 Å². The van der Waals surface area contributed by atoms with E-state index in [-0.39, 0.29) is 16.9 Å². The second-order valence-corrected chi connectivity index (χ2v) is 5.25. The van der Waals surface area contributed by atoms with Crippen LogP contribution in [0.1, 0.15) is 15.9 Å². The molecule has 0 amide bonds. The van der Waals surface area contributed by atoms with Crippen molar-refractivity contribution in [1.29, 1.82) is 0 Å². The Balaban J connectivity index is 2.14. The summed E-state index contributed by atoms with van der Waals surface area (Å²) in [5.41, 5.74) is 6.02. The van der Waals surface area contributed by atoms with E-state index in [1.165, 1.54) is 30.0 Å². The van der Waals surface area contributed by atoms with E-state index in [1.807, 2.05) is 0 Å². The van der Waals surface area contributed by atoms with Crippen LogP contribution in [0, 0.1) is 0 Å². The molecule has 4 N–H and O–H groups in total. The molecule has 0 aliphatic carbocycles. The topological polar surface area (TPSA) is 109 Å². The molecule has 8 heteroatoms. The van der Waals surface area contributed by atoms with Crippen molar-refractivity contribution < 1.29 is 9.90 Å². The highest BCUT2D eigenvalue weighted by Gasteiger charge is 2.08. The Bertz CT molecular complexity index is 717. The first-order valence-electron chi connectivity index (χ1n) is 5.47. The maximum Gasteiger partial charge on any atom is 0.335 e. The fourth-order valence-corrected chi connectivity index (χ4v) is 2.68. The Morgan fingerprint density at radius 1 is 1.45 bits per heavy atom. The minimum atomic E-state index is -1.03. The van der Waals surface area contributed by atoms with E-state index in [0.29, 0.717) is 15.9 Å². The van der Waals surface area contributed by atoms with Crippen LogP contribution in [-0.2, 0) is 5.75 Å². The van der Waals surface area contributed by atoms with Gasteiger partial charge in [-0.05, 0) is 17.7 Å². The zero-order valence-electron chi connectivity index (χ0n) is 10.1. The van der Waals surface area contributed by atoms with E-state index in [0.717, 1.165) is 5.56 Å². The van der Waals surface area contributed by atoms with Crippen LogP contribution >= 0.6 is 23.4 Å². The molecule has 0 unspecified atom stereocenters. The summed E-state index contributed by atoms with van der Waals surface area (Å²) in [6.07, 6.45) is 0. The largest absolute Gasteiger partial charge is 0.478 e. The number of nitrogens with zero attached hydrogens (tertiary/aromatic N) is 1. The maximum absolute atomic E-state index is 11.2. The summed E-state index contributed by atoms with van der Waals surface area (Å²) >= 11 is 7.26. The summed E-state index contributed by atoms with van der Waals surface area (Å²) < 4.78 is 0. The SMILES string of the molecule is Nc1cc(=O)[nH]c(SCc2ccc(C(=O)O)cc2Cl)n1. The van der Waals surface area contributed by atoms with Gasteiger partial charge in [0, 0.05) is 16.8 Å². The van der Waals surface area contributed by atoms with Gasteiger partial charge < -0.3 is 15.8 Å². The number of anilines is 1. The molecule has 0 fully saturated rings. The molecule has 0 atom stereocenters. The number of carboxylic acids is 1. The number of carboxylic acid groups (broad SMARTS) is 1. The molecule has 0 radical (unpaired) electrons. The molecule has 1 heterocycles. The molecule has 0 aliphatic heterocycles. The van der Waals surface area contributed by atoms with Gasteiger partial charge >= 0.3 is 5.97 Å². The molecule has 0 bridgehead atoms. The van der Waals surface area contributed by atoms with Gasteiger partial charge in [-0.2, -0.15) is 0 Å². The van der Waals surface area contributed by atoms with Gasteiger partial charge in [0.05, 0.1) is 5.56 Å². The van der Waals surface area contributed by atoms with Gasteiger partial charge in [-0.1, -0.05) is 29.4 Å². The van der Waals surface area contributed by atoms with Gasteiger partial charge in [-0.3, -0.25) is 4.79 Å². The molecule has 0 saturated carbocycles. The fraction of sp³-hybridized carbons (Fsp3) is 0.0833. The van der Waals surface area contributed by atoms with Crippen LogP contribution < -0.4 is 11.3 Å². The Kier molecular flexibility index (Phi) is 4.31. The third-order valence-corrected chi connectivity index (χ3v) is 3.68. The monoisotopic (exact) mass is 311 g/mol. The lowest BCUT2D eigenvalue weighted by atomic mass is 10.1. The molecule has 2 rings (SSSR count). The summed E-state index contributed by atoms with van der Waals surface area (Å²) in [5, 5.41) is 9.58. The summed E-state index contributed by atoms with van der Waals surface area (Å²) in [6.45, 7) is 0. The van der Waals surface area contributed by atoms with Gasteiger partial charge in [0.1, 0.15) is 5.82 Å². The molecular formula is C12H10ClN3O3S. The van der Waals surface area contributed by atoms with Gasteiger partial charge in [0.25, 0.3) is 5.56 Å². The first kappa shape index (κ1) is 14.4. The Labute approximate surface area is 123 Å². The Hall–Kier alpha value is -1.99. The lowest BCUT2D eigenvalue weighted by Gasteiger charge is -2.05. The van der Waals surface area contributed by atoms with Crippen molar-refractivity contribution in [3.63, 3.8) is 0 Å². The summed E-state index contributed by atoms with van der Waals surface area (Å²) in [6, 6.07) is 5.68. The zero-order valence-corrected chi connectivity index (χ0v) is 11.7. The molecule has 104 valence electrons. The van der Waals surface area contributed by atoms with Crippen molar-refractivity contribution in [1.82, 2.24) is 9.97 Å². The van der Waals surface area contributed by atoms with Crippen LogP contribution in [0.15, 0.2) is 34.2 Å². The number of nitrogens with one attached hydrogen (secondary N) is 1. The standard InChI is InChI=1S/C12H10ClN3O3S/c13-8-3-6(11(18)19)1-2-7(8)5-20-12-15-9(14)4-10(17)16-12/h1-4H,5H2,(H,18,19)(H3,14,15,16,17). The van der Waals surface area contributed by atoms with E-state index < -0.39 is 5.97 Å². The minimum absolute atomic E-state index is 0.124. The van der Waals surface area contributed by atoms with Crippen molar-refractivity contribution in [2.45, 2.75) is 10.9 Å². The summed E-state index contributed by atoms with van der Waals surface area (Å²) in [5.74, 6) is -0.456. The predicted octanol–water partition coefficient (Wildman–Crippen LogP) is 2.00. The number of thioether (sulfide) groups is 1. The number of aromatic nitrogens is 2. The van der Waals surface area contributed by atoms with Crippen LogP contribution in [0.2, 0.25) is 5.02 Å². The number of hydrogen-bond donors (Lipinski definition) is 3. The lowest BCUT2D eigenvalue weighted by Crippen LogP contribution is -2.09. The molecule has 0 spiro atoms. The minimum Gasteiger partial charge on any atom is -0.478 e. The van der Waals surface area contributed by atoms with Gasteiger partial charge in [0.15, 0.2) is 5.16 Å². The third-order valence-electron chi connectivity index (χ3n) is 2.40. The average molecular weight is 312 g/mol. The smallest absolute Gasteiger partial charge is 0.335 e. The number of halogens is 1. The second-order valence-electron chi connectivity index (χ2n) is 3.88. The summed E-state index contributed by atoms with van der Waals surface area (Å²) in [7, 11) is 0. The molecule has 1 aromatic heterocycles. The molecule has 1 aromatic carbocycles. The highest BCUT2D eigenvalue weighted by Crippen LogP contribution is 2.25. The Morgan fingerprint density at radius 2 is 2.20 bits per heavy atom. The average Bonchev–Trinajstić information content (AvgIpc) is 2.36. The van der Waals surface area contributed by atoms with Crippen LogP contribution in [0.4, 0.5) is 5.82 Å². The van der Waals surface area contributed by atoms with E-state index in [2.05, 4.69) is 9.97 Å². The number of carbonyl (C=O) groups is 1.